The molecule has 1 aromatic heterocycles. The minimum absolute atomic E-state index is 0.0306. The molecule has 1 amide bonds. The third-order valence-corrected chi connectivity index (χ3v) is 3.54. The molecule has 18 heavy (non-hydrogen) atoms. The number of halogens is 1. The second kappa shape index (κ2) is 4.53. The zero-order valence-electron chi connectivity index (χ0n) is 9.64. The third kappa shape index (κ3) is 1.93. The van der Waals surface area contributed by atoms with Crippen molar-refractivity contribution >= 4 is 27.5 Å². The van der Waals surface area contributed by atoms with Crippen molar-refractivity contribution in [2.45, 2.75) is 6.42 Å². The summed E-state index contributed by atoms with van der Waals surface area (Å²) in [6, 6.07) is 11.5. The monoisotopic (exact) mass is 302 g/mol. The first-order valence-electron chi connectivity index (χ1n) is 5.77. The normalized spacial score (nSPS) is 13.5. The van der Waals surface area contributed by atoms with Gasteiger partial charge < -0.3 is 4.90 Å². The largest absolute Gasteiger partial charge is 0.308 e. The van der Waals surface area contributed by atoms with Gasteiger partial charge >= 0.3 is 0 Å². The maximum Gasteiger partial charge on any atom is 0.258 e. The van der Waals surface area contributed by atoms with E-state index in [1.807, 2.05) is 23.1 Å². The number of benzene rings is 1. The van der Waals surface area contributed by atoms with Crippen LogP contribution >= 0.6 is 15.9 Å². The summed E-state index contributed by atoms with van der Waals surface area (Å²) in [4.78, 5) is 18.3. The number of nitrogens with zero attached hydrogens (tertiary/aromatic N) is 2. The molecule has 1 aromatic carbocycles. The zero-order valence-corrected chi connectivity index (χ0v) is 11.2. The lowest BCUT2D eigenvalue weighted by molar-refractivity contribution is 0.0989. The number of fused-ring (bicyclic) bond motifs is 1. The van der Waals surface area contributed by atoms with Gasteiger partial charge in [0.1, 0.15) is 4.60 Å². The number of amides is 1. The number of anilines is 1. The summed E-state index contributed by atoms with van der Waals surface area (Å²) in [5, 5.41) is 0. The van der Waals surface area contributed by atoms with Crippen molar-refractivity contribution in [3.8, 4) is 0 Å². The number of para-hydroxylation sites is 1. The highest BCUT2D eigenvalue weighted by molar-refractivity contribution is 9.10. The highest BCUT2D eigenvalue weighted by atomic mass is 79.9. The molecule has 0 saturated heterocycles. The highest BCUT2D eigenvalue weighted by Gasteiger charge is 2.25. The molecule has 2 aromatic rings. The SMILES string of the molecule is O=C(c1ccnc(Br)c1)N1CCc2ccccc21. The summed E-state index contributed by atoms with van der Waals surface area (Å²) < 4.78 is 0.681. The predicted molar refractivity (Wildman–Crippen MR) is 73.8 cm³/mol. The van der Waals surface area contributed by atoms with Gasteiger partial charge in [0, 0.05) is 24.0 Å². The molecule has 3 rings (SSSR count). The van der Waals surface area contributed by atoms with E-state index in [2.05, 4.69) is 27.0 Å². The van der Waals surface area contributed by atoms with E-state index in [0.29, 0.717) is 10.2 Å². The van der Waals surface area contributed by atoms with Crippen molar-refractivity contribution in [3.63, 3.8) is 0 Å². The van der Waals surface area contributed by atoms with Crippen molar-refractivity contribution in [3.05, 3.63) is 58.3 Å². The minimum atomic E-state index is 0.0306. The summed E-state index contributed by atoms with van der Waals surface area (Å²) in [6.45, 7) is 0.748. The molecular formula is C14H11BrN2O. The highest BCUT2D eigenvalue weighted by Crippen LogP contribution is 2.28. The number of carbonyl (C=O) groups excluding carboxylic acids is 1. The molecule has 3 nitrogen and oxygen atoms in total. The summed E-state index contributed by atoms with van der Waals surface area (Å²) in [6.07, 6.45) is 2.56. The second-order valence-corrected chi connectivity index (χ2v) is 5.02. The number of hydrogen-bond acceptors (Lipinski definition) is 2. The van der Waals surface area contributed by atoms with Gasteiger partial charge in [0.25, 0.3) is 5.91 Å². The molecule has 0 radical (unpaired) electrons. The summed E-state index contributed by atoms with van der Waals surface area (Å²) in [7, 11) is 0. The molecule has 0 unspecified atom stereocenters. The van der Waals surface area contributed by atoms with Crippen LogP contribution in [0.3, 0.4) is 0 Å². The Bertz CT molecular complexity index is 612. The Kier molecular flexibility index (Phi) is 2.88. The van der Waals surface area contributed by atoms with Crippen molar-refractivity contribution in [2.75, 3.05) is 11.4 Å². The zero-order chi connectivity index (χ0) is 12.5. The topological polar surface area (TPSA) is 33.2 Å². The minimum Gasteiger partial charge on any atom is -0.308 e. The maximum atomic E-state index is 12.4. The third-order valence-electron chi connectivity index (χ3n) is 3.11. The lowest BCUT2D eigenvalue weighted by atomic mass is 10.2. The first kappa shape index (κ1) is 11.4. The van der Waals surface area contributed by atoms with Crippen LogP contribution in [0.25, 0.3) is 0 Å². The fourth-order valence-corrected chi connectivity index (χ4v) is 2.61. The average Bonchev–Trinajstić information content (AvgIpc) is 2.82. The Balaban J connectivity index is 1.96. The van der Waals surface area contributed by atoms with E-state index in [-0.39, 0.29) is 5.91 Å². The van der Waals surface area contributed by atoms with Crippen LogP contribution in [0.15, 0.2) is 47.2 Å². The molecule has 1 aliphatic rings. The van der Waals surface area contributed by atoms with Crippen LogP contribution in [0.2, 0.25) is 0 Å². The van der Waals surface area contributed by atoms with Crippen molar-refractivity contribution < 1.29 is 4.79 Å². The van der Waals surface area contributed by atoms with Crippen LogP contribution in [0, 0.1) is 0 Å². The van der Waals surface area contributed by atoms with E-state index in [1.165, 1.54) is 5.56 Å². The van der Waals surface area contributed by atoms with Crippen LogP contribution in [0.5, 0.6) is 0 Å². The molecule has 90 valence electrons. The lowest BCUT2D eigenvalue weighted by Crippen LogP contribution is -2.28. The van der Waals surface area contributed by atoms with E-state index in [9.17, 15) is 4.79 Å². The van der Waals surface area contributed by atoms with Crippen LogP contribution in [-0.2, 0) is 6.42 Å². The molecule has 0 aliphatic carbocycles. The van der Waals surface area contributed by atoms with Crippen molar-refractivity contribution in [1.82, 2.24) is 4.98 Å². The molecule has 0 N–H and O–H groups in total. The van der Waals surface area contributed by atoms with Gasteiger partial charge in [-0.25, -0.2) is 4.98 Å². The molecular weight excluding hydrogens is 292 g/mol. The summed E-state index contributed by atoms with van der Waals surface area (Å²) >= 11 is 3.29. The fourth-order valence-electron chi connectivity index (χ4n) is 2.24. The summed E-state index contributed by atoms with van der Waals surface area (Å²) in [5.41, 5.74) is 2.92. The first-order valence-corrected chi connectivity index (χ1v) is 6.56. The molecule has 4 heteroatoms. The van der Waals surface area contributed by atoms with Gasteiger partial charge in [-0.3, -0.25) is 4.79 Å². The van der Waals surface area contributed by atoms with Gasteiger partial charge in [-0.2, -0.15) is 0 Å². The van der Waals surface area contributed by atoms with Gasteiger partial charge in [0.15, 0.2) is 0 Å². The molecule has 0 saturated carbocycles. The van der Waals surface area contributed by atoms with E-state index in [0.717, 1.165) is 18.7 Å². The van der Waals surface area contributed by atoms with Gasteiger partial charge in [0.05, 0.1) is 0 Å². The second-order valence-electron chi connectivity index (χ2n) is 4.20. The summed E-state index contributed by atoms with van der Waals surface area (Å²) in [5.74, 6) is 0.0306. The Morgan fingerprint density at radius 2 is 2.11 bits per heavy atom. The van der Waals surface area contributed by atoms with E-state index in [4.69, 9.17) is 0 Å². The number of aromatic nitrogens is 1. The van der Waals surface area contributed by atoms with Gasteiger partial charge in [0.2, 0.25) is 0 Å². The molecule has 0 spiro atoms. The van der Waals surface area contributed by atoms with Gasteiger partial charge in [-0.05, 0) is 46.1 Å². The number of pyridine rings is 1. The van der Waals surface area contributed by atoms with Gasteiger partial charge in [-0.15, -0.1) is 0 Å². The fraction of sp³-hybridized carbons (Fsp3) is 0.143. The number of hydrogen-bond donors (Lipinski definition) is 0. The average molecular weight is 303 g/mol. The van der Waals surface area contributed by atoms with Crippen molar-refractivity contribution in [1.29, 1.82) is 0 Å². The van der Waals surface area contributed by atoms with E-state index >= 15 is 0 Å². The standard InChI is InChI=1S/C14H11BrN2O/c15-13-9-11(5-7-16-13)14(18)17-8-6-10-3-1-2-4-12(10)17/h1-5,7,9H,6,8H2. The maximum absolute atomic E-state index is 12.4. The Morgan fingerprint density at radius 1 is 1.28 bits per heavy atom. The number of carbonyl (C=O) groups is 1. The lowest BCUT2D eigenvalue weighted by Gasteiger charge is -2.17. The molecule has 0 atom stereocenters. The smallest absolute Gasteiger partial charge is 0.258 e. The Labute approximate surface area is 114 Å². The van der Waals surface area contributed by atoms with Crippen LogP contribution in [0.1, 0.15) is 15.9 Å². The molecule has 0 bridgehead atoms. The van der Waals surface area contributed by atoms with Crippen LogP contribution in [0.4, 0.5) is 5.69 Å². The first-order chi connectivity index (χ1) is 8.75. The Hall–Kier alpha value is -1.68. The van der Waals surface area contributed by atoms with Crippen LogP contribution in [-0.4, -0.2) is 17.4 Å². The van der Waals surface area contributed by atoms with E-state index < -0.39 is 0 Å². The molecule has 0 fully saturated rings. The van der Waals surface area contributed by atoms with E-state index in [1.54, 1.807) is 18.3 Å². The molecule has 2 heterocycles. The molecule has 1 aliphatic heterocycles. The quantitative estimate of drug-likeness (QED) is 0.759. The number of rotatable bonds is 1. The Morgan fingerprint density at radius 3 is 2.94 bits per heavy atom. The predicted octanol–water partition coefficient (Wildman–Crippen LogP) is 3.05. The van der Waals surface area contributed by atoms with Gasteiger partial charge in [-0.1, -0.05) is 18.2 Å². The van der Waals surface area contributed by atoms with Crippen LogP contribution < -0.4 is 4.90 Å². The van der Waals surface area contributed by atoms with Crippen molar-refractivity contribution in [2.24, 2.45) is 0 Å².